The lowest BCUT2D eigenvalue weighted by Crippen LogP contribution is -2.43. The zero-order valence-corrected chi connectivity index (χ0v) is 10.0. The molecule has 5 nitrogen and oxygen atoms in total. The maximum absolute atomic E-state index is 11.9. The average Bonchev–Trinajstić information content (AvgIpc) is 2.54. The molecule has 1 heterocycles. The van der Waals surface area contributed by atoms with Gasteiger partial charge in [-0.2, -0.15) is 0 Å². The minimum atomic E-state index is -0.340. The lowest BCUT2D eigenvalue weighted by atomic mass is 10.2. The van der Waals surface area contributed by atoms with Crippen LogP contribution in [0.15, 0.2) is 0 Å². The maximum atomic E-state index is 11.9. The molecule has 1 rings (SSSR count). The summed E-state index contributed by atoms with van der Waals surface area (Å²) in [5.74, 6) is -0.152. The Morgan fingerprint density at radius 2 is 2.25 bits per heavy atom. The van der Waals surface area contributed by atoms with Gasteiger partial charge in [-0.05, 0) is 32.9 Å². The second-order valence-electron chi connectivity index (χ2n) is 4.21. The molecule has 16 heavy (non-hydrogen) atoms. The summed E-state index contributed by atoms with van der Waals surface area (Å²) >= 11 is 0. The Bertz CT molecular complexity index is 268. The summed E-state index contributed by atoms with van der Waals surface area (Å²) in [5.41, 5.74) is 5.37. The van der Waals surface area contributed by atoms with Gasteiger partial charge in [0.25, 0.3) is 0 Å². The summed E-state index contributed by atoms with van der Waals surface area (Å²) in [7, 11) is 0. The second kappa shape index (κ2) is 5.96. The number of hydrogen-bond donors (Lipinski definition) is 2. The minimum Gasteiger partial charge on any atom is -0.330 e. The molecule has 1 aliphatic rings. The molecule has 1 aliphatic heterocycles. The van der Waals surface area contributed by atoms with Gasteiger partial charge >= 0.3 is 0 Å². The van der Waals surface area contributed by atoms with Crippen molar-refractivity contribution in [3.05, 3.63) is 0 Å². The summed E-state index contributed by atoms with van der Waals surface area (Å²) < 4.78 is 0. The second-order valence-corrected chi connectivity index (χ2v) is 4.21. The first kappa shape index (κ1) is 13.1. The van der Waals surface area contributed by atoms with Crippen molar-refractivity contribution in [3.63, 3.8) is 0 Å². The van der Waals surface area contributed by atoms with Gasteiger partial charge in [-0.3, -0.25) is 14.5 Å². The molecular weight excluding hydrogens is 206 g/mol. The van der Waals surface area contributed by atoms with Gasteiger partial charge in [-0.15, -0.1) is 0 Å². The van der Waals surface area contributed by atoms with Crippen LogP contribution >= 0.6 is 0 Å². The van der Waals surface area contributed by atoms with Gasteiger partial charge in [-0.25, -0.2) is 0 Å². The molecule has 2 unspecified atom stereocenters. The zero-order chi connectivity index (χ0) is 12.1. The summed E-state index contributed by atoms with van der Waals surface area (Å²) in [4.78, 5) is 25.0. The summed E-state index contributed by atoms with van der Waals surface area (Å²) in [6.45, 7) is 5.16. The highest BCUT2D eigenvalue weighted by Gasteiger charge is 2.39. The summed E-state index contributed by atoms with van der Waals surface area (Å²) in [5, 5.41) is 3.08. The fourth-order valence-electron chi connectivity index (χ4n) is 1.83. The number of hydrogen-bond acceptors (Lipinski definition) is 4. The number of amides is 2. The minimum absolute atomic E-state index is 0.00121. The van der Waals surface area contributed by atoms with Crippen LogP contribution < -0.4 is 11.1 Å². The average molecular weight is 227 g/mol. The van der Waals surface area contributed by atoms with Crippen LogP contribution in [0.5, 0.6) is 0 Å². The van der Waals surface area contributed by atoms with Crippen LogP contribution in [0, 0.1) is 0 Å². The third kappa shape index (κ3) is 2.80. The fraction of sp³-hybridized carbons (Fsp3) is 0.818. The van der Waals surface area contributed by atoms with Gasteiger partial charge in [0, 0.05) is 6.04 Å². The van der Waals surface area contributed by atoms with Crippen LogP contribution in [0.25, 0.3) is 0 Å². The highest BCUT2D eigenvalue weighted by molar-refractivity contribution is 6.05. The van der Waals surface area contributed by atoms with E-state index in [0.29, 0.717) is 13.1 Å². The molecule has 3 N–H and O–H groups in total. The first-order chi connectivity index (χ1) is 7.61. The van der Waals surface area contributed by atoms with Crippen LogP contribution in [0.2, 0.25) is 0 Å². The van der Waals surface area contributed by atoms with E-state index in [1.165, 1.54) is 4.90 Å². The first-order valence-electron chi connectivity index (χ1n) is 5.91. The van der Waals surface area contributed by atoms with Crippen LogP contribution in [0.3, 0.4) is 0 Å². The molecule has 1 fully saturated rings. The Kier molecular flexibility index (Phi) is 4.89. The number of rotatable bonds is 6. The summed E-state index contributed by atoms with van der Waals surface area (Å²) in [6, 6.07) is -0.339. The van der Waals surface area contributed by atoms with Crippen molar-refractivity contribution in [2.75, 3.05) is 13.1 Å². The Morgan fingerprint density at radius 3 is 2.81 bits per heavy atom. The highest BCUT2D eigenvalue weighted by Crippen LogP contribution is 2.17. The molecule has 0 aromatic rings. The lowest BCUT2D eigenvalue weighted by Gasteiger charge is -2.21. The molecule has 0 bridgehead atoms. The maximum Gasteiger partial charge on any atom is 0.247 e. The van der Waals surface area contributed by atoms with Crippen molar-refractivity contribution >= 4 is 11.8 Å². The molecule has 0 radical (unpaired) electrons. The van der Waals surface area contributed by atoms with Gasteiger partial charge in [0.1, 0.15) is 0 Å². The molecule has 0 aromatic carbocycles. The fourth-order valence-corrected chi connectivity index (χ4v) is 1.83. The van der Waals surface area contributed by atoms with E-state index in [4.69, 9.17) is 5.73 Å². The monoisotopic (exact) mass is 227 g/mol. The van der Waals surface area contributed by atoms with Gasteiger partial charge in [0.05, 0.1) is 12.5 Å². The number of imide groups is 1. The Labute approximate surface area is 96.4 Å². The number of carbonyl (C=O) groups is 2. The van der Waals surface area contributed by atoms with E-state index in [-0.39, 0.29) is 30.3 Å². The topological polar surface area (TPSA) is 75.4 Å². The first-order valence-corrected chi connectivity index (χ1v) is 5.91. The lowest BCUT2D eigenvalue weighted by molar-refractivity contribution is -0.141. The molecule has 0 aliphatic carbocycles. The number of likely N-dealkylation sites (tertiary alicyclic amines) is 1. The smallest absolute Gasteiger partial charge is 0.247 e. The van der Waals surface area contributed by atoms with Gasteiger partial charge < -0.3 is 11.1 Å². The zero-order valence-electron chi connectivity index (χ0n) is 10.0. The molecule has 1 saturated heterocycles. The van der Waals surface area contributed by atoms with Gasteiger partial charge in [0.2, 0.25) is 11.8 Å². The highest BCUT2D eigenvalue weighted by atomic mass is 16.2. The molecule has 5 heteroatoms. The van der Waals surface area contributed by atoms with E-state index in [1.54, 1.807) is 0 Å². The third-order valence-electron chi connectivity index (χ3n) is 2.99. The SMILES string of the molecule is CCC(C)N1C(=O)CC(NCCCN)C1=O. The van der Waals surface area contributed by atoms with Crippen LogP contribution in [-0.4, -0.2) is 41.9 Å². The molecule has 0 aromatic heterocycles. The van der Waals surface area contributed by atoms with Crippen LogP contribution in [-0.2, 0) is 9.59 Å². The number of nitrogens with two attached hydrogens (primary N) is 1. The van der Waals surface area contributed by atoms with Crippen molar-refractivity contribution < 1.29 is 9.59 Å². The molecule has 2 amide bonds. The van der Waals surface area contributed by atoms with Crippen molar-refractivity contribution in [3.8, 4) is 0 Å². The standard InChI is InChI=1S/C11H21N3O2/c1-3-8(2)14-10(15)7-9(11(14)16)13-6-4-5-12/h8-9,13H,3-7,12H2,1-2H3. The van der Waals surface area contributed by atoms with Gasteiger partial charge in [0.15, 0.2) is 0 Å². The Balaban J connectivity index is 2.53. The molecule has 2 atom stereocenters. The van der Waals surface area contributed by atoms with Crippen molar-refractivity contribution in [2.45, 2.75) is 45.2 Å². The molecular formula is C11H21N3O2. The third-order valence-corrected chi connectivity index (χ3v) is 2.99. The van der Waals surface area contributed by atoms with Gasteiger partial charge in [-0.1, -0.05) is 6.92 Å². The Hall–Kier alpha value is -0.940. The number of nitrogens with zero attached hydrogens (tertiary/aromatic N) is 1. The van der Waals surface area contributed by atoms with Crippen LogP contribution in [0.4, 0.5) is 0 Å². The van der Waals surface area contributed by atoms with E-state index in [2.05, 4.69) is 5.32 Å². The normalized spacial score (nSPS) is 22.9. The van der Waals surface area contributed by atoms with E-state index >= 15 is 0 Å². The van der Waals surface area contributed by atoms with E-state index in [0.717, 1.165) is 12.8 Å². The van der Waals surface area contributed by atoms with Crippen molar-refractivity contribution in [1.82, 2.24) is 10.2 Å². The summed E-state index contributed by atoms with van der Waals surface area (Å²) in [6.07, 6.45) is 1.90. The van der Waals surface area contributed by atoms with Crippen molar-refractivity contribution in [1.29, 1.82) is 0 Å². The van der Waals surface area contributed by atoms with Crippen LogP contribution in [0.1, 0.15) is 33.1 Å². The quantitative estimate of drug-likeness (QED) is 0.489. The van der Waals surface area contributed by atoms with Crippen molar-refractivity contribution in [2.24, 2.45) is 5.73 Å². The predicted molar refractivity (Wildman–Crippen MR) is 61.7 cm³/mol. The predicted octanol–water partition coefficient (Wildman–Crippen LogP) is -0.149. The van der Waals surface area contributed by atoms with E-state index in [9.17, 15) is 9.59 Å². The van der Waals surface area contributed by atoms with E-state index in [1.807, 2.05) is 13.8 Å². The molecule has 0 saturated carbocycles. The molecule has 0 spiro atoms. The Morgan fingerprint density at radius 1 is 1.56 bits per heavy atom. The van der Waals surface area contributed by atoms with E-state index < -0.39 is 0 Å². The molecule has 92 valence electrons. The number of nitrogens with one attached hydrogen (secondary N) is 1. The number of carbonyl (C=O) groups excluding carboxylic acids is 2. The largest absolute Gasteiger partial charge is 0.330 e.